The van der Waals surface area contributed by atoms with Crippen LogP contribution in [0.25, 0.3) is 28.0 Å². The van der Waals surface area contributed by atoms with Crippen molar-refractivity contribution in [1.82, 2.24) is 14.3 Å². The van der Waals surface area contributed by atoms with E-state index < -0.39 is 38.4 Å². The molecule has 0 spiro atoms. The number of nitrogens with one attached hydrogen (secondary N) is 1. The van der Waals surface area contributed by atoms with Gasteiger partial charge in [-0.05, 0) is 44.2 Å². The fraction of sp³-hybridized carbons (Fsp3) is 0.200. The zero-order chi connectivity index (χ0) is 28.1. The van der Waals surface area contributed by atoms with Gasteiger partial charge in [-0.1, -0.05) is 30.3 Å². The average Bonchev–Trinajstić information content (AvgIpc) is 3.16. The maximum Gasteiger partial charge on any atom is 0.417 e. The molecule has 38 heavy (non-hydrogen) atoms. The maximum absolute atomic E-state index is 13.4. The number of hydrogen-bond acceptors (Lipinski definition) is 4. The van der Waals surface area contributed by atoms with Crippen LogP contribution in [-0.4, -0.2) is 29.7 Å². The van der Waals surface area contributed by atoms with E-state index in [2.05, 4.69) is 4.98 Å². The van der Waals surface area contributed by atoms with E-state index in [-0.39, 0.29) is 27.9 Å². The topological polar surface area (TPSA) is 87.8 Å². The van der Waals surface area contributed by atoms with Gasteiger partial charge in [0.1, 0.15) is 17.3 Å². The summed E-state index contributed by atoms with van der Waals surface area (Å²) < 4.78 is 108. The Morgan fingerprint density at radius 3 is 2.08 bits per heavy atom. The fourth-order valence-corrected chi connectivity index (χ4v) is 5.18. The molecule has 0 amide bonds. The number of rotatable bonds is 5. The zero-order valence-corrected chi connectivity index (χ0v) is 20.5. The monoisotopic (exact) mass is 552 g/mol. The summed E-state index contributed by atoms with van der Waals surface area (Å²) in [5.41, 5.74) is -3.07. The molecule has 0 aliphatic heterocycles. The van der Waals surface area contributed by atoms with E-state index >= 15 is 0 Å². The number of nitriles is 1. The second-order valence-electron chi connectivity index (χ2n) is 8.85. The number of benzene rings is 2. The van der Waals surface area contributed by atoms with Gasteiger partial charge in [-0.2, -0.15) is 36.3 Å². The van der Waals surface area contributed by atoms with Gasteiger partial charge < -0.3 is 0 Å². The quantitative estimate of drug-likeness (QED) is 0.299. The molecule has 2 aromatic carbocycles. The van der Waals surface area contributed by atoms with E-state index in [4.69, 9.17) is 0 Å². The van der Waals surface area contributed by atoms with Crippen molar-refractivity contribution in [3.8, 4) is 23.0 Å². The van der Waals surface area contributed by atoms with Crippen molar-refractivity contribution in [2.24, 2.45) is 0 Å². The van der Waals surface area contributed by atoms with Crippen LogP contribution in [0.5, 0.6) is 0 Å². The maximum atomic E-state index is 13.4. The number of fused-ring (bicyclic) bond motifs is 1. The van der Waals surface area contributed by atoms with Crippen LogP contribution < -0.4 is 4.72 Å². The van der Waals surface area contributed by atoms with Crippen molar-refractivity contribution >= 4 is 21.1 Å². The summed E-state index contributed by atoms with van der Waals surface area (Å²) in [5.74, 6) is 0. The first-order chi connectivity index (χ1) is 17.6. The summed E-state index contributed by atoms with van der Waals surface area (Å²) in [4.78, 5) is 3.50. The Balaban J connectivity index is 1.91. The van der Waals surface area contributed by atoms with Crippen LogP contribution in [0.3, 0.4) is 0 Å². The number of sulfonamides is 1. The van der Waals surface area contributed by atoms with Crippen molar-refractivity contribution in [3.63, 3.8) is 0 Å². The van der Waals surface area contributed by atoms with E-state index in [1.54, 1.807) is 35.1 Å². The standard InChI is InChI=1S/C25H18F6N4O2S/c1-23(2,25(29,30)31)34-38(36,37)18-10-8-15(9-11-18)21-20(13-32)19-12-16(24(26,27)28)14-33-22(19)35(21)17-6-4-3-5-7-17/h3-12,14,34H,1-2H3. The summed E-state index contributed by atoms with van der Waals surface area (Å²) in [5, 5.41) is 9.86. The van der Waals surface area contributed by atoms with Gasteiger partial charge >= 0.3 is 12.4 Å². The molecule has 0 bridgehead atoms. The molecule has 0 radical (unpaired) electrons. The third kappa shape index (κ3) is 4.84. The predicted molar refractivity (Wildman–Crippen MR) is 127 cm³/mol. The minimum absolute atomic E-state index is 0.0565. The summed E-state index contributed by atoms with van der Waals surface area (Å²) >= 11 is 0. The first-order valence-corrected chi connectivity index (χ1v) is 12.3. The van der Waals surface area contributed by atoms with Gasteiger partial charge in [-0.25, -0.2) is 13.4 Å². The van der Waals surface area contributed by atoms with Gasteiger partial charge in [0.2, 0.25) is 10.0 Å². The number of alkyl halides is 6. The average molecular weight is 553 g/mol. The van der Waals surface area contributed by atoms with E-state index in [1.165, 1.54) is 16.7 Å². The molecule has 13 heteroatoms. The van der Waals surface area contributed by atoms with E-state index in [0.29, 0.717) is 25.7 Å². The Morgan fingerprint density at radius 2 is 1.55 bits per heavy atom. The summed E-state index contributed by atoms with van der Waals surface area (Å²) in [6, 6.07) is 15.7. The highest BCUT2D eigenvalue weighted by atomic mass is 32.2. The van der Waals surface area contributed by atoms with Crippen molar-refractivity contribution in [3.05, 3.63) is 78.0 Å². The minimum atomic E-state index is -4.86. The fourth-order valence-electron chi connectivity index (χ4n) is 3.78. The molecule has 1 N–H and O–H groups in total. The third-order valence-corrected chi connectivity index (χ3v) is 7.47. The molecule has 4 rings (SSSR count). The molecule has 0 saturated carbocycles. The Labute approximate surface area is 213 Å². The van der Waals surface area contributed by atoms with Crippen molar-refractivity contribution < 1.29 is 34.8 Å². The second-order valence-corrected chi connectivity index (χ2v) is 10.5. The van der Waals surface area contributed by atoms with Gasteiger partial charge in [0.05, 0.1) is 21.7 Å². The summed E-state index contributed by atoms with van der Waals surface area (Å²) in [6.07, 6.45) is -8.92. The van der Waals surface area contributed by atoms with Gasteiger partial charge in [0.15, 0.2) is 0 Å². The van der Waals surface area contributed by atoms with Crippen LogP contribution in [0.2, 0.25) is 0 Å². The van der Waals surface area contributed by atoms with E-state index in [1.807, 2.05) is 6.07 Å². The van der Waals surface area contributed by atoms with E-state index in [9.17, 15) is 40.0 Å². The largest absolute Gasteiger partial charge is 0.417 e. The SMILES string of the molecule is CC(C)(NS(=O)(=O)c1ccc(-c2c(C#N)c3cc(C(F)(F)F)cnc3n2-c2ccccc2)cc1)C(F)(F)F. The molecule has 2 heterocycles. The van der Waals surface area contributed by atoms with Crippen LogP contribution in [0, 0.1) is 11.3 Å². The molecular weight excluding hydrogens is 534 g/mol. The van der Waals surface area contributed by atoms with Crippen LogP contribution in [0.1, 0.15) is 25.0 Å². The van der Waals surface area contributed by atoms with Gasteiger partial charge in [0.25, 0.3) is 0 Å². The highest BCUT2D eigenvalue weighted by Crippen LogP contribution is 2.39. The summed E-state index contributed by atoms with van der Waals surface area (Å²) in [6.45, 7) is 1.36. The van der Waals surface area contributed by atoms with Crippen molar-refractivity contribution in [2.75, 3.05) is 0 Å². The Hall–Kier alpha value is -3.89. The Bertz CT molecular complexity index is 1650. The normalized spacial score (nSPS) is 13.0. The molecule has 198 valence electrons. The molecule has 6 nitrogen and oxygen atoms in total. The minimum Gasteiger partial charge on any atom is -0.293 e. The summed E-state index contributed by atoms with van der Waals surface area (Å²) in [7, 11) is -4.60. The van der Waals surface area contributed by atoms with Crippen molar-refractivity contribution in [2.45, 2.75) is 36.6 Å². The Kier molecular flexibility index (Phi) is 6.53. The van der Waals surface area contributed by atoms with Crippen LogP contribution >= 0.6 is 0 Å². The third-order valence-electron chi connectivity index (χ3n) is 5.80. The molecule has 2 aromatic heterocycles. The molecule has 0 saturated heterocycles. The first-order valence-electron chi connectivity index (χ1n) is 10.8. The number of halogens is 6. The molecule has 0 atom stereocenters. The molecule has 0 aliphatic rings. The molecule has 0 fully saturated rings. The van der Waals surface area contributed by atoms with Crippen LogP contribution in [0.4, 0.5) is 26.3 Å². The zero-order valence-electron chi connectivity index (χ0n) is 19.7. The number of hydrogen-bond donors (Lipinski definition) is 1. The molecule has 0 aliphatic carbocycles. The predicted octanol–water partition coefficient (Wildman–Crippen LogP) is 6.20. The Morgan fingerprint density at radius 1 is 0.947 bits per heavy atom. The number of pyridine rings is 1. The highest BCUT2D eigenvalue weighted by molar-refractivity contribution is 7.89. The lowest BCUT2D eigenvalue weighted by Crippen LogP contribution is -2.54. The number of aromatic nitrogens is 2. The molecule has 0 unspecified atom stereocenters. The first kappa shape index (κ1) is 27.2. The van der Waals surface area contributed by atoms with Gasteiger partial charge in [-0.15, -0.1) is 0 Å². The number of nitrogens with zero attached hydrogens (tertiary/aromatic N) is 3. The smallest absolute Gasteiger partial charge is 0.293 e. The van der Waals surface area contributed by atoms with Gasteiger partial charge in [0, 0.05) is 22.8 Å². The van der Waals surface area contributed by atoms with Crippen LogP contribution in [-0.2, 0) is 16.2 Å². The lowest BCUT2D eigenvalue weighted by atomic mass is 10.1. The lowest BCUT2D eigenvalue weighted by molar-refractivity contribution is -0.180. The lowest BCUT2D eigenvalue weighted by Gasteiger charge is -2.28. The van der Waals surface area contributed by atoms with Crippen LogP contribution in [0.15, 0.2) is 71.8 Å². The van der Waals surface area contributed by atoms with E-state index in [0.717, 1.165) is 18.2 Å². The second kappa shape index (κ2) is 9.14. The number of para-hydroxylation sites is 1. The van der Waals surface area contributed by atoms with Gasteiger partial charge in [-0.3, -0.25) is 4.57 Å². The molecular formula is C25H18F6N4O2S. The highest BCUT2D eigenvalue weighted by Gasteiger charge is 2.49. The molecule has 4 aromatic rings. The van der Waals surface area contributed by atoms with Crippen molar-refractivity contribution in [1.29, 1.82) is 5.26 Å².